The first-order valence-electron chi connectivity index (χ1n) is 6.82. The number of amides is 2. The lowest BCUT2D eigenvalue weighted by Gasteiger charge is -2.35. The standard InChI is InChI=1S/C13H24N2O3S/c1-10-5-7-15(11(9-10)12(16)17)13(18)14-6-3-4-8-19-2/h10-11H,3-9H2,1-2H3,(H,14,18)(H,16,17). The summed E-state index contributed by atoms with van der Waals surface area (Å²) in [5, 5.41) is 12.0. The number of thioether (sulfide) groups is 1. The lowest BCUT2D eigenvalue weighted by Crippen LogP contribution is -2.53. The van der Waals surface area contributed by atoms with Gasteiger partial charge >= 0.3 is 12.0 Å². The third-order valence-corrected chi connectivity index (χ3v) is 4.16. The van der Waals surface area contributed by atoms with Crippen molar-refractivity contribution in [3.8, 4) is 0 Å². The highest BCUT2D eigenvalue weighted by Gasteiger charge is 2.34. The van der Waals surface area contributed by atoms with Crippen LogP contribution in [0.4, 0.5) is 4.79 Å². The topological polar surface area (TPSA) is 69.6 Å². The van der Waals surface area contributed by atoms with Crippen LogP contribution >= 0.6 is 11.8 Å². The number of piperidine rings is 1. The van der Waals surface area contributed by atoms with Crippen molar-refractivity contribution >= 4 is 23.8 Å². The van der Waals surface area contributed by atoms with Gasteiger partial charge in [0.2, 0.25) is 0 Å². The molecule has 110 valence electrons. The molecular formula is C13H24N2O3S. The van der Waals surface area contributed by atoms with Gasteiger partial charge in [0.05, 0.1) is 0 Å². The molecule has 1 fully saturated rings. The zero-order valence-corrected chi connectivity index (χ0v) is 12.5. The Morgan fingerprint density at radius 1 is 1.42 bits per heavy atom. The minimum absolute atomic E-state index is 0.233. The predicted octanol–water partition coefficient (Wildman–Crippen LogP) is 2.02. The number of aliphatic carboxylic acids is 1. The highest BCUT2D eigenvalue weighted by Crippen LogP contribution is 2.22. The van der Waals surface area contributed by atoms with E-state index in [9.17, 15) is 14.7 Å². The molecule has 1 heterocycles. The van der Waals surface area contributed by atoms with Crippen molar-refractivity contribution in [3.63, 3.8) is 0 Å². The van der Waals surface area contributed by atoms with E-state index in [4.69, 9.17) is 0 Å². The smallest absolute Gasteiger partial charge is 0.326 e. The molecule has 0 aromatic heterocycles. The van der Waals surface area contributed by atoms with Crippen LogP contribution in [0.5, 0.6) is 0 Å². The molecule has 1 saturated heterocycles. The molecule has 0 radical (unpaired) electrons. The Morgan fingerprint density at radius 2 is 2.16 bits per heavy atom. The van der Waals surface area contributed by atoms with Gasteiger partial charge < -0.3 is 15.3 Å². The number of carbonyl (C=O) groups is 2. The van der Waals surface area contributed by atoms with Gasteiger partial charge in [-0.15, -0.1) is 0 Å². The molecule has 2 unspecified atom stereocenters. The Bertz CT molecular complexity index is 312. The minimum atomic E-state index is -0.899. The molecule has 0 aliphatic carbocycles. The van der Waals surface area contributed by atoms with Crippen LogP contribution in [-0.4, -0.2) is 53.1 Å². The lowest BCUT2D eigenvalue weighted by molar-refractivity contribution is -0.143. The minimum Gasteiger partial charge on any atom is -0.480 e. The number of hydrogen-bond acceptors (Lipinski definition) is 3. The van der Waals surface area contributed by atoms with Crippen molar-refractivity contribution in [3.05, 3.63) is 0 Å². The zero-order valence-electron chi connectivity index (χ0n) is 11.7. The van der Waals surface area contributed by atoms with E-state index >= 15 is 0 Å². The second-order valence-corrected chi connectivity index (χ2v) is 6.09. The van der Waals surface area contributed by atoms with Gasteiger partial charge in [-0.1, -0.05) is 6.92 Å². The number of carbonyl (C=O) groups excluding carboxylic acids is 1. The molecule has 1 rings (SSSR count). The summed E-state index contributed by atoms with van der Waals surface area (Å²) in [6.07, 6.45) is 5.50. The summed E-state index contributed by atoms with van der Waals surface area (Å²) in [6.45, 7) is 3.19. The highest BCUT2D eigenvalue weighted by atomic mass is 32.2. The number of rotatable bonds is 6. The zero-order chi connectivity index (χ0) is 14.3. The highest BCUT2D eigenvalue weighted by molar-refractivity contribution is 7.98. The van der Waals surface area contributed by atoms with Gasteiger partial charge in [-0.3, -0.25) is 0 Å². The first kappa shape index (κ1) is 16.1. The summed E-state index contributed by atoms with van der Waals surface area (Å²) in [6, 6.07) is -0.904. The van der Waals surface area contributed by atoms with E-state index < -0.39 is 12.0 Å². The van der Waals surface area contributed by atoms with Crippen molar-refractivity contribution in [1.29, 1.82) is 0 Å². The molecule has 1 aliphatic heterocycles. The number of hydrogen-bond donors (Lipinski definition) is 2. The van der Waals surface area contributed by atoms with Crippen LogP contribution in [-0.2, 0) is 4.79 Å². The third kappa shape index (κ3) is 5.30. The lowest BCUT2D eigenvalue weighted by atomic mass is 9.93. The quantitative estimate of drug-likeness (QED) is 0.734. The first-order chi connectivity index (χ1) is 9.06. The van der Waals surface area contributed by atoms with Gasteiger partial charge in [0.15, 0.2) is 0 Å². The van der Waals surface area contributed by atoms with Crippen molar-refractivity contribution < 1.29 is 14.7 Å². The Morgan fingerprint density at radius 3 is 2.79 bits per heavy atom. The van der Waals surface area contributed by atoms with Gasteiger partial charge in [-0.2, -0.15) is 11.8 Å². The molecule has 6 heteroatoms. The summed E-state index contributed by atoms with van der Waals surface area (Å²) in [5.74, 6) is 0.560. The molecule has 1 aliphatic rings. The van der Waals surface area contributed by atoms with E-state index in [1.54, 1.807) is 11.8 Å². The van der Waals surface area contributed by atoms with Crippen LogP contribution in [0.15, 0.2) is 0 Å². The number of likely N-dealkylation sites (tertiary alicyclic amines) is 1. The molecule has 0 aromatic rings. The number of carboxylic acid groups (broad SMARTS) is 1. The monoisotopic (exact) mass is 288 g/mol. The summed E-state index contributed by atoms with van der Waals surface area (Å²) in [4.78, 5) is 24.7. The molecule has 0 bridgehead atoms. The molecule has 19 heavy (non-hydrogen) atoms. The Balaban J connectivity index is 2.38. The number of unbranched alkanes of at least 4 members (excludes halogenated alkanes) is 1. The second kappa shape index (κ2) is 8.30. The Labute approximate surface area is 119 Å². The molecule has 2 N–H and O–H groups in total. The molecule has 0 saturated carbocycles. The Hall–Kier alpha value is -0.910. The van der Waals surface area contributed by atoms with Crippen molar-refractivity contribution in [2.45, 2.75) is 38.6 Å². The van der Waals surface area contributed by atoms with Gasteiger partial charge in [-0.25, -0.2) is 9.59 Å². The molecule has 5 nitrogen and oxygen atoms in total. The van der Waals surface area contributed by atoms with Crippen LogP contribution in [0.1, 0.15) is 32.6 Å². The van der Waals surface area contributed by atoms with Gasteiger partial charge in [-0.05, 0) is 43.6 Å². The summed E-state index contributed by atoms with van der Waals surface area (Å²) >= 11 is 1.79. The maximum absolute atomic E-state index is 12.0. The second-order valence-electron chi connectivity index (χ2n) is 5.11. The van der Waals surface area contributed by atoms with E-state index in [1.165, 1.54) is 4.90 Å². The maximum Gasteiger partial charge on any atom is 0.326 e. The largest absolute Gasteiger partial charge is 0.480 e. The van der Waals surface area contributed by atoms with Crippen LogP contribution in [0.2, 0.25) is 0 Å². The first-order valence-corrected chi connectivity index (χ1v) is 8.21. The molecule has 0 spiro atoms. The SMILES string of the molecule is CSCCCCNC(=O)N1CCC(C)CC1C(=O)O. The summed E-state index contributed by atoms with van der Waals surface area (Å²) in [7, 11) is 0. The normalized spacial score (nSPS) is 23.2. The van der Waals surface area contributed by atoms with E-state index in [2.05, 4.69) is 11.6 Å². The van der Waals surface area contributed by atoms with E-state index in [0.29, 0.717) is 25.4 Å². The van der Waals surface area contributed by atoms with Gasteiger partial charge in [0, 0.05) is 13.1 Å². The van der Waals surface area contributed by atoms with Crippen molar-refractivity contribution in [1.82, 2.24) is 10.2 Å². The Kier molecular flexibility index (Phi) is 7.05. The van der Waals surface area contributed by atoms with Gasteiger partial charge in [0.25, 0.3) is 0 Å². The summed E-state index contributed by atoms with van der Waals surface area (Å²) in [5.41, 5.74) is 0. The third-order valence-electron chi connectivity index (χ3n) is 3.46. The fraction of sp³-hybridized carbons (Fsp3) is 0.846. The average Bonchev–Trinajstić information content (AvgIpc) is 2.38. The number of urea groups is 1. The fourth-order valence-electron chi connectivity index (χ4n) is 2.29. The summed E-state index contributed by atoms with van der Waals surface area (Å²) < 4.78 is 0. The number of carboxylic acids is 1. The van der Waals surface area contributed by atoms with E-state index in [1.807, 2.05) is 6.92 Å². The number of nitrogens with zero attached hydrogens (tertiary/aromatic N) is 1. The van der Waals surface area contributed by atoms with Crippen molar-refractivity contribution in [2.75, 3.05) is 25.1 Å². The van der Waals surface area contributed by atoms with Crippen molar-refractivity contribution in [2.24, 2.45) is 5.92 Å². The molecule has 2 amide bonds. The fourth-order valence-corrected chi connectivity index (χ4v) is 2.78. The van der Waals surface area contributed by atoms with Crippen LogP contribution < -0.4 is 5.32 Å². The van der Waals surface area contributed by atoms with E-state index in [0.717, 1.165) is 25.0 Å². The average molecular weight is 288 g/mol. The maximum atomic E-state index is 12.0. The molecular weight excluding hydrogens is 264 g/mol. The van der Waals surface area contributed by atoms with Gasteiger partial charge in [0.1, 0.15) is 6.04 Å². The van der Waals surface area contributed by atoms with Crippen LogP contribution in [0, 0.1) is 5.92 Å². The van der Waals surface area contributed by atoms with Crippen LogP contribution in [0.25, 0.3) is 0 Å². The predicted molar refractivity (Wildman–Crippen MR) is 77.5 cm³/mol. The molecule has 0 aromatic carbocycles. The molecule has 2 atom stereocenters. The number of nitrogens with one attached hydrogen (secondary N) is 1. The van der Waals surface area contributed by atoms with Crippen LogP contribution in [0.3, 0.4) is 0 Å². The van der Waals surface area contributed by atoms with E-state index in [-0.39, 0.29) is 6.03 Å².